The summed E-state index contributed by atoms with van der Waals surface area (Å²) < 4.78 is 42.5. The summed E-state index contributed by atoms with van der Waals surface area (Å²) in [6, 6.07) is 3.82. The third-order valence-electron chi connectivity index (χ3n) is 4.64. The number of nitrogens with zero attached hydrogens (tertiary/aromatic N) is 1. The molecule has 142 valence electrons. The lowest BCUT2D eigenvalue weighted by molar-refractivity contribution is -0.0498. The number of sulfone groups is 1. The smallest absolute Gasteiger partial charge is 0.410 e. The maximum Gasteiger partial charge on any atom is 0.410 e. The molecule has 1 spiro atoms. The van der Waals surface area contributed by atoms with Gasteiger partial charge in [0.05, 0.1) is 4.90 Å². The standard InChI is InChI=1S/C19H24FNO4S/c1-18(2,3)25-17(22)21-11-19(12-21)9-13(10-19)7-14-5-6-15(20)8-16(14)26(4,23)24/h5-8H,9-12H2,1-4H3. The van der Waals surface area contributed by atoms with Gasteiger partial charge in [0.25, 0.3) is 0 Å². The predicted molar refractivity (Wildman–Crippen MR) is 97.0 cm³/mol. The lowest BCUT2D eigenvalue weighted by atomic mass is 9.60. The van der Waals surface area contributed by atoms with Crippen molar-refractivity contribution >= 4 is 22.0 Å². The fraction of sp³-hybridized carbons (Fsp3) is 0.526. The summed E-state index contributed by atoms with van der Waals surface area (Å²) in [4.78, 5) is 13.7. The second-order valence-electron chi connectivity index (χ2n) is 8.45. The zero-order valence-corrected chi connectivity index (χ0v) is 16.3. The fourth-order valence-corrected chi connectivity index (χ4v) is 4.51. The molecule has 0 bridgehead atoms. The minimum absolute atomic E-state index is 0.00920. The van der Waals surface area contributed by atoms with E-state index in [1.54, 1.807) is 4.90 Å². The first kappa shape index (κ1) is 18.9. The van der Waals surface area contributed by atoms with Gasteiger partial charge in [0.2, 0.25) is 0 Å². The van der Waals surface area contributed by atoms with Crippen molar-refractivity contribution in [3.63, 3.8) is 0 Å². The van der Waals surface area contributed by atoms with Gasteiger partial charge in [0.15, 0.2) is 9.84 Å². The average molecular weight is 381 g/mol. The molecule has 1 aromatic carbocycles. The Morgan fingerprint density at radius 3 is 2.42 bits per heavy atom. The number of carbonyl (C=O) groups excluding carboxylic acids is 1. The maximum atomic E-state index is 13.4. The summed E-state index contributed by atoms with van der Waals surface area (Å²) in [5, 5.41) is 0. The molecule has 7 heteroatoms. The summed E-state index contributed by atoms with van der Waals surface area (Å²) in [6.07, 6.45) is 4.24. The molecule has 26 heavy (non-hydrogen) atoms. The number of carbonyl (C=O) groups is 1. The van der Waals surface area contributed by atoms with E-state index in [2.05, 4.69) is 0 Å². The Labute approximate surface area is 153 Å². The predicted octanol–water partition coefficient (Wildman–Crippen LogP) is 3.64. The Bertz CT molecular complexity index is 867. The molecule has 0 radical (unpaired) electrons. The number of amides is 1. The molecule has 0 N–H and O–H groups in total. The van der Waals surface area contributed by atoms with Crippen LogP contribution in [0.1, 0.15) is 39.2 Å². The highest BCUT2D eigenvalue weighted by molar-refractivity contribution is 7.90. The number of hydrogen-bond acceptors (Lipinski definition) is 4. The van der Waals surface area contributed by atoms with Crippen molar-refractivity contribution in [1.82, 2.24) is 4.90 Å². The maximum absolute atomic E-state index is 13.4. The molecule has 1 saturated carbocycles. The van der Waals surface area contributed by atoms with Crippen molar-refractivity contribution in [2.75, 3.05) is 19.3 Å². The SMILES string of the molecule is CC(C)(C)OC(=O)N1CC2(CC(=Cc3ccc(F)cc3S(C)(=O)=O)C2)C1. The molecule has 0 unspecified atom stereocenters. The van der Waals surface area contributed by atoms with Gasteiger partial charge in [-0.05, 0) is 51.3 Å². The van der Waals surface area contributed by atoms with Crippen LogP contribution in [0.4, 0.5) is 9.18 Å². The Hall–Kier alpha value is -1.89. The zero-order valence-electron chi connectivity index (χ0n) is 15.5. The third-order valence-corrected chi connectivity index (χ3v) is 5.80. The van der Waals surface area contributed by atoms with Gasteiger partial charge < -0.3 is 9.64 Å². The molecule has 3 rings (SSSR count). The van der Waals surface area contributed by atoms with Crippen LogP contribution in [0.15, 0.2) is 28.7 Å². The first-order chi connectivity index (χ1) is 11.9. The molecule has 1 amide bonds. The molecule has 0 aromatic heterocycles. The number of ether oxygens (including phenoxy) is 1. The van der Waals surface area contributed by atoms with Gasteiger partial charge in [0, 0.05) is 24.8 Å². The average Bonchev–Trinajstić information content (AvgIpc) is 2.38. The number of benzene rings is 1. The van der Waals surface area contributed by atoms with Gasteiger partial charge in [-0.3, -0.25) is 0 Å². The van der Waals surface area contributed by atoms with Crippen LogP contribution in [0.3, 0.4) is 0 Å². The summed E-state index contributed by atoms with van der Waals surface area (Å²) in [5.41, 5.74) is 1.20. The van der Waals surface area contributed by atoms with Gasteiger partial charge in [-0.25, -0.2) is 17.6 Å². The van der Waals surface area contributed by atoms with Crippen LogP contribution >= 0.6 is 0 Å². The summed E-state index contributed by atoms with van der Waals surface area (Å²) >= 11 is 0. The molecule has 1 aliphatic carbocycles. The van der Waals surface area contributed by atoms with Crippen molar-refractivity contribution in [2.45, 2.75) is 44.1 Å². The Balaban J connectivity index is 1.64. The number of allylic oxidation sites excluding steroid dienone is 1. The van der Waals surface area contributed by atoms with E-state index in [0.29, 0.717) is 18.7 Å². The van der Waals surface area contributed by atoms with Crippen LogP contribution < -0.4 is 0 Å². The van der Waals surface area contributed by atoms with Crippen LogP contribution in [0.2, 0.25) is 0 Å². The van der Waals surface area contributed by atoms with E-state index >= 15 is 0 Å². The first-order valence-electron chi connectivity index (χ1n) is 8.54. The third kappa shape index (κ3) is 3.92. The minimum Gasteiger partial charge on any atom is -0.444 e. The molecular weight excluding hydrogens is 357 g/mol. The van der Waals surface area contributed by atoms with Gasteiger partial charge >= 0.3 is 6.09 Å². The molecule has 1 heterocycles. The van der Waals surface area contributed by atoms with E-state index in [1.165, 1.54) is 12.1 Å². The number of rotatable bonds is 2. The van der Waals surface area contributed by atoms with Crippen molar-refractivity contribution in [1.29, 1.82) is 0 Å². The molecule has 0 atom stereocenters. The van der Waals surface area contributed by atoms with Gasteiger partial charge in [-0.2, -0.15) is 0 Å². The van der Waals surface area contributed by atoms with Crippen LogP contribution in [-0.2, 0) is 14.6 Å². The largest absolute Gasteiger partial charge is 0.444 e. The minimum atomic E-state index is -3.50. The van der Waals surface area contributed by atoms with Crippen molar-refractivity contribution in [3.8, 4) is 0 Å². The van der Waals surface area contributed by atoms with Crippen molar-refractivity contribution < 1.29 is 22.3 Å². The fourth-order valence-electron chi connectivity index (χ4n) is 3.62. The van der Waals surface area contributed by atoms with E-state index in [-0.39, 0.29) is 16.4 Å². The Kier molecular flexibility index (Phi) is 4.42. The lowest BCUT2D eigenvalue weighted by Crippen LogP contribution is -2.62. The summed E-state index contributed by atoms with van der Waals surface area (Å²) in [6.45, 7) is 6.83. The van der Waals surface area contributed by atoms with Crippen LogP contribution in [0.5, 0.6) is 0 Å². The van der Waals surface area contributed by atoms with Crippen LogP contribution in [0, 0.1) is 11.2 Å². The van der Waals surface area contributed by atoms with E-state index in [0.717, 1.165) is 30.7 Å². The van der Waals surface area contributed by atoms with Gasteiger partial charge in [-0.15, -0.1) is 0 Å². The highest BCUT2D eigenvalue weighted by Gasteiger charge is 2.52. The second kappa shape index (κ2) is 6.08. The molecular formula is C19H24FNO4S. The number of hydrogen-bond donors (Lipinski definition) is 0. The molecule has 1 saturated heterocycles. The molecule has 1 aliphatic heterocycles. The van der Waals surface area contributed by atoms with E-state index in [1.807, 2.05) is 26.8 Å². The highest BCUT2D eigenvalue weighted by Crippen LogP contribution is 2.52. The monoisotopic (exact) mass is 381 g/mol. The topological polar surface area (TPSA) is 63.7 Å². The van der Waals surface area contributed by atoms with Crippen molar-refractivity contribution in [2.24, 2.45) is 5.41 Å². The lowest BCUT2D eigenvalue weighted by Gasteiger charge is -2.56. The van der Waals surface area contributed by atoms with E-state index in [4.69, 9.17) is 4.74 Å². The zero-order chi connectivity index (χ0) is 19.3. The number of likely N-dealkylation sites (tertiary alicyclic amines) is 1. The first-order valence-corrected chi connectivity index (χ1v) is 10.4. The van der Waals surface area contributed by atoms with Crippen molar-refractivity contribution in [3.05, 3.63) is 35.2 Å². The molecule has 5 nitrogen and oxygen atoms in total. The highest BCUT2D eigenvalue weighted by atomic mass is 32.2. The molecule has 2 aliphatic rings. The second-order valence-corrected chi connectivity index (χ2v) is 10.4. The summed E-state index contributed by atoms with van der Waals surface area (Å²) in [5.74, 6) is -0.565. The Morgan fingerprint density at radius 2 is 1.88 bits per heavy atom. The quantitative estimate of drug-likeness (QED) is 0.785. The molecule has 1 aromatic rings. The molecule has 2 fully saturated rings. The van der Waals surface area contributed by atoms with Gasteiger partial charge in [-0.1, -0.05) is 17.7 Å². The van der Waals surface area contributed by atoms with Crippen LogP contribution in [0.25, 0.3) is 6.08 Å². The van der Waals surface area contributed by atoms with Crippen LogP contribution in [-0.4, -0.2) is 44.4 Å². The summed E-state index contributed by atoms with van der Waals surface area (Å²) in [7, 11) is -3.50. The van der Waals surface area contributed by atoms with E-state index < -0.39 is 21.3 Å². The number of halogens is 1. The normalized spacial score (nSPS) is 19.0. The van der Waals surface area contributed by atoms with E-state index in [9.17, 15) is 17.6 Å². The Morgan fingerprint density at radius 1 is 1.27 bits per heavy atom. The van der Waals surface area contributed by atoms with Gasteiger partial charge in [0.1, 0.15) is 11.4 Å².